The van der Waals surface area contributed by atoms with Gasteiger partial charge in [0.15, 0.2) is 5.43 Å². The fourth-order valence-electron chi connectivity index (χ4n) is 7.60. The Morgan fingerprint density at radius 2 is 0.829 bits per heavy atom. The van der Waals surface area contributed by atoms with E-state index in [-0.39, 0.29) is 5.43 Å². The van der Waals surface area contributed by atoms with Gasteiger partial charge in [0.2, 0.25) is 0 Å². The zero-order valence-electron chi connectivity index (χ0n) is 22.0. The molecule has 0 aliphatic heterocycles. The molecule has 188 valence electrons. The average molecular weight is 520 g/mol. The Balaban J connectivity index is 1.65. The average Bonchev–Trinajstić information content (AvgIpc) is 3.04. The van der Waals surface area contributed by atoms with E-state index >= 15 is 4.79 Å². The molecule has 0 aliphatic rings. The summed E-state index contributed by atoms with van der Waals surface area (Å²) in [5, 5.41) is 11.0. The van der Waals surface area contributed by atoms with Crippen LogP contribution < -0.4 is 5.43 Å². The van der Waals surface area contributed by atoms with Crippen LogP contribution >= 0.6 is 0 Å². The summed E-state index contributed by atoms with van der Waals surface area (Å²) in [6.07, 6.45) is 0. The van der Waals surface area contributed by atoms with Crippen molar-refractivity contribution in [3.63, 3.8) is 0 Å². The zero-order chi connectivity index (χ0) is 26.8. The summed E-state index contributed by atoms with van der Waals surface area (Å²) in [4.78, 5) is 15.2. The largest absolute Gasteiger partial charge is 0.306 e. The minimum absolute atomic E-state index is 0.0974. The van der Waals surface area contributed by atoms with Crippen molar-refractivity contribution in [2.24, 2.45) is 0 Å². The van der Waals surface area contributed by atoms with Gasteiger partial charge in [-0.1, -0.05) is 115 Å². The molecule has 0 aliphatic carbocycles. The molecule has 0 saturated heterocycles. The van der Waals surface area contributed by atoms with Crippen LogP contribution in [0.4, 0.5) is 0 Å². The third-order valence-corrected chi connectivity index (χ3v) is 9.19. The number of hydrogen-bond donors (Lipinski definition) is 0. The lowest BCUT2D eigenvalue weighted by Gasteiger charge is -2.25. The summed E-state index contributed by atoms with van der Waals surface area (Å²) in [6, 6.07) is 45.0. The molecule has 0 fully saturated rings. The highest BCUT2D eigenvalue weighted by atomic mass is 16.1. The lowest BCUT2D eigenvalue weighted by atomic mass is 9.86. The van der Waals surface area contributed by atoms with Crippen LogP contribution in [0.2, 0.25) is 0 Å². The standard InChI is InChI=1S/C39H21NO/c41-39-34-30(22-10-3-1-4-11-22)20-24-14-7-16-26-28-18-9-19-29-27-17-8-15-25-21-31(23-12-5-2-6-13-23)35(39)38(33(25)27)40(36(28)29)37(34)32(24)26/h1-21H. The molecule has 0 radical (unpaired) electrons. The third kappa shape index (κ3) is 2.52. The Morgan fingerprint density at radius 3 is 1.32 bits per heavy atom. The van der Waals surface area contributed by atoms with Crippen LogP contribution in [0.1, 0.15) is 0 Å². The summed E-state index contributed by atoms with van der Waals surface area (Å²) in [5.41, 5.74) is 7.41. The number of rotatable bonds is 2. The first-order valence-corrected chi connectivity index (χ1v) is 14.1. The van der Waals surface area contributed by atoms with Gasteiger partial charge in [0, 0.05) is 21.5 Å². The molecule has 0 spiro atoms. The topological polar surface area (TPSA) is 21.5 Å². The van der Waals surface area contributed by atoms with Crippen molar-refractivity contribution < 1.29 is 0 Å². The monoisotopic (exact) mass is 519 g/mol. The minimum Gasteiger partial charge on any atom is -0.306 e. The summed E-state index contributed by atoms with van der Waals surface area (Å²) in [7, 11) is 0. The molecule has 2 heteroatoms. The second-order valence-corrected chi connectivity index (χ2v) is 11.2. The highest BCUT2D eigenvalue weighted by molar-refractivity contribution is 6.35. The Morgan fingerprint density at radius 1 is 0.390 bits per heavy atom. The first kappa shape index (κ1) is 21.4. The van der Waals surface area contributed by atoms with E-state index in [2.05, 4.69) is 120 Å². The van der Waals surface area contributed by atoms with Crippen LogP contribution in [-0.4, -0.2) is 4.40 Å². The van der Waals surface area contributed by atoms with Crippen LogP contribution in [0.15, 0.2) is 132 Å². The van der Waals surface area contributed by atoms with Crippen molar-refractivity contribution in [1.29, 1.82) is 0 Å². The van der Waals surface area contributed by atoms with Crippen molar-refractivity contribution in [1.82, 2.24) is 4.40 Å². The fourth-order valence-corrected chi connectivity index (χ4v) is 7.60. The van der Waals surface area contributed by atoms with E-state index in [9.17, 15) is 0 Å². The summed E-state index contributed by atoms with van der Waals surface area (Å²) >= 11 is 0. The smallest absolute Gasteiger partial charge is 0.198 e. The molecule has 0 atom stereocenters. The minimum atomic E-state index is 0.0974. The van der Waals surface area contributed by atoms with Crippen molar-refractivity contribution in [3.05, 3.63) is 138 Å². The maximum absolute atomic E-state index is 15.2. The molecule has 10 aromatic rings. The third-order valence-electron chi connectivity index (χ3n) is 9.19. The number of nitrogens with zero attached hydrogens (tertiary/aromatic N) is 1. The number of para-hydroxylation sites is 1. The van der Waals surface area contributed by atoms with Crippen LogP contribution in [0.5, 0.6) is 0 Å². The molecule has 3 aromatic heterocycles. The summed E-state index contributed by atoms with van der Waals surface area (Å²) in [5.74, 6) is 0. The van der Waals surface area contributed by atoms with Crippen molar-refractivity contribution in [3.8, 4) is 22.3 Å². The van der Waals surface area contributed by atoms with Gasteiger partial charge in [0.1, 0.15) is 0 Å². The second-order valence-electron chi connectivity index (χ2n) is 11.2. The van der Waals surface area contributed by atoms with Gasteiger partial charge in [-0.05, 0) is 55.9 Å². The fraction of sp³-hybridized carbons (Fsp3) is 0. The predicted molar refractivity (Wildman–Crippen MR) is 173 cm³/mol. The van der Waals surface area contributed by atoms with E-state index in [1.807, 2.05) is 12.1 Å². The first-order valence-electron chi connectivity index (χ1n) is 14.1. The molecule has 0 amide bonds. The van der Waals surface area contributed by atoms with E-state index in [4.69, 9.17) is 0 Å². The molecule has 41 heavy (non-hydrogen) atoms. The van der Waals surface area contributed by atoms with E-state index in [0.29, 0.717) is 0 Å². The number of fused-ring (bicyclic) bond motifs is 2. The van der Waals surface area contributed by atoms with E-state index in [1.54, 1.807) is 0 Å². The van der Waals surface area contributed by atoms with Gasteiger partial charge < -0.3 is 4.40 Å². The molecule has 0 N–H and O–H groups in total. The molecule has 0 unspecified atom stereocenters. The molecule has 3 heterocycles. The second kappa shape index (κ2) is 7.38. The summed E-state index contributed by atoms with van der Waals surface area (Å²) < 4.78 is 2.44. The molecule has 7 aromatic carbocycles. The Bertz CT molecular complexity index is 2500. The van der Waals surface area contributed by atoms with E-state index < -0.39 is 0 Å². The Hall–Kier alpha value is -5.47. The van der Waals surface area contributed by atoms with Gasteiger partial charge >= 0.3 is 0 Å². The maximum atomic E-state index is 15.2. The van der Waals surface area contributed by atoms with Crippen LogP contribution in [0.3, 0.4) is 0 Å². The van der Waals surface area contributed by atoms with Crippen LogP contribution in [-0.2, 0) is 0 Å². The first-order chi connectivity index (χ1) is 20.3. The van der Waals surface area contributed by atoms with Crippen molar-refractivity contribution >= 4 is 70.4 Å². The molecule has 2 nitrogen and oxygen atoms in total. The van der Waals surface area contributed by atoms with Crippen LogP contribution in [0.25, 0.3) is 92.7 Å². The van der Waals surface area contributed by atoms with E-state index in [1.165, 1.54) is 27.1 Å². The molecular formula is C39H21NO. The van der Waals surface area contributed by atoms with Gasteiger partial charge in [0.25, 0.3) is 0 Å². The lowest BCUT2D eigenvalue weighted by Crippen LogP contribution is -2.13. The lowest BCUT2D eigenvalue weighted by molar-refractivity contribution is 1.34. The van der Waals surface area contributed by atoms with Gasteiger partial charge in [0.05, 0.1) is 27.3 Å². The Labute approximate surface area is 234 Å². The normalized spacial score (nSPS) is 12.5. The number of aromatic nitrogens is 1. The van der Waals surface area contributed by atoms with Crippen molar-refractivity contribution in [2.75, 3.05) is 0 Å². The van der Waals surface area contributed by atoms with Gasteiger partial charge in [-0.15, -0.1) is 0 Å². The highest BCUT2D eigenvalue weighted by Gasteiger charge is 2.27. The van der Waals surface area contributed by atoms with Crippen LogP contribution in [0, 0.1) is 0 Å². The quantitative estimate of drug-likeness (QED) is 0.164. The van der Waals surface area contributed by atoms with Gasteiger partial charge in [-0.25, -0.2) is 0 Å². The van der Waals surface area contributed by atoms with Gasteiger partial charge in [-0.3, -0.25) is 4.79 Å². The predicted octanol–water partition coefficient (Wildman–Crippen LogP) is 9.87. The summed E-state index contributed by atoms with van der Waals surface area (Å²) in [6.45, 7) is 0. The Kier molecular flexibility index (Phi) is 3.85. The van der Waals surface area contributed by atoms with Crippen molar-refractivity contribution in [2.45, 2.75) is 0 Å². The number of hydrogen-bond acceptors (Lipinski definition) is 1. The maximum Gasteiger partial charge on any atom is 0.198 e. The number of pyridine rings is 3. The molecular weight excluding hydrogens is 498 g/mol. The number of benzene rings is 7. The molecule has 10 rings (SSSR count). The van der Waals surface area contributed by atoms with Gasteiger partial charge in [-0.2, -0.15) is 0 Å². The molecule has 0 saturated carbocycles. The SMILES string of the molecule is O=c1c2c(-c3ccccc3)cc3cccc4c5cccc6c7cccc8cc(-c9ccccc9)c1c(c87)n(c56)c2c34. The zero-order valence-corrected chi connectivity index (χ0v) is 22.0. The highest BCUT2D eigenvalue weighted by Crippen LogP contribution is 2.47. The molecule has 0 bridgehead atoms. The van der Waals surface area contributed by atoms with E-state index in [0.717, 1.165) is 65.6 Å².